The number of hydrogen-bond donors (Lipinski definition) is 1. The molecular formula is C10H22N2O2S. The Morgan fingerprint density at radius 3 is 2.07 bits per heavy atom. The number of likely N-dealkylation sites (tertiary alicyclic amines) is 1. The van der Waals surface area contributed by atoms with Crippen LogP contribution in [0.2, 0.25) is 0 Å². The molecule has 0 aromatic heterocycles. The first-order valence-corrected chi connectivity index (χ1v) is 6.91. The summed E-state index contributed by atoms with van der Waals surface area (Å²) in [5.41, 5.74) is 0. The van der Waals surface area contributed by atoms with Gasteiger partial charge in [0, 0.05) is 6.04 Å². The average Bonchev–Trinajstić information content (AvgIpc) is 2.06. The summed E-state index contributed by atoms with van der Waals surface area (Å²) in [4.78, 5) is 2.22. The molecule has 1 aliphatic heterocycles. The van der Waals surface area contributed by atoms with Crippen LogP contribution >= 0.6 is 0 Å². The molecule has 0 atom stereocenters. The molecule has 0 bridgehead atoms. The van der Waals surface area contributed by atoms with Crippen LogP contribution in [0.4, 0.5) is 0 Å². The zero-order chi connectivity index (χ0) is 11.7. The van der Waals surface area contributed by atoms with Crippen LogP contribution in [0.1, 0.15) is 33.6 Å². The van der Waals surface area contributed by atoms with Gasteiger partial charge in [-0.25, -0.2) is 13.1 Å². The van der Waals surface area contributed by atoms with Gasteiger partial charge in [-0.15, -0.1) is 0 Å². The third-order valence-corrected chi connectivity index (χ3v) is 5.10. The molecule has 1 heterocycles. The maximum Gasteiger partial charge on any atom is 0.216 e. The van der Waals surface area contributed by atoms with Crippen molar-refractivity contribution in [3.63, 3.8) is 0 Å². The van der Waals surface area contributed by atoms with Crippen molar-refractivity contribution in [1.82, 2.24) is 9.62 Å². The van der Waals surface area contributed by atoms with Gasteiger partial charge in [-0.05, 0) is 53.8 Å². The minimum atomic E-state index is -3.18. The summed E-state index contributed by atoms with van der Waals surface area (Å²) in [5, 5.41) is 0. The number of piperidine rings is 1. The molecule has 4 nitrogen and oxygen atoms in total. The molecule has 15 heavy (non-hydrogen) atoms. The van der Waals surface area contributed by atoms with Crippen molar-refractivity contribution in [2.75, 3.05) is 20.1 Å². The first kappa shape index (κ1) is 12.9. The molecule has 0 aliphatic carbocycles. The van der Waals surface area contributed by atoms with E-state index in [1.807, 2.05) is 0 Å². The number of rotatable bonds is 2. The van der Waals surface area contributed by atoms with Gasteiger partial charge in [-0.1, -0.05) is 0 Å². The zero-order valence-electron chi connectivity index (χ0n) is 10.1. The summed E-state index contributed by atoms with van der Waals surface area (Å²) in [6.07, 6.45) is 1.82. The van der Waals surface area contributed by atoms with Gasteiger partial charge < -0.3 is 4.90 Å². The molecule has 1 N–H and O–H groups in total. The average molecular weight is 234 g/mol. The van der Waals surface area contributed by atoms with E-state index in [0.717, 1.165) is 25.9 Å². The van der Waals surface area contributed by atoms with Gasteiger partial charge in [-0.2, -0.15) is 0 Å². The number of hydrogen-bond acceptors (Lipinski definition) is 3. The summed E-state index contributed by atoms with van der Waals surface area (Å²) in [7, 11) is -1.12. The van der Waals surface area contributed by atoms with E-state index >= 15 is 0 Å². The van der Waals surface area contributed by atoms with Gasteiger partial charge in [0.25, 0.3) is 0 Å². The Balaban J connectivity index is 2.56. The monoisotopic (exact) mass is 234 g/mol. The SMILES string of the molecule is CN1CCC(NS(=O)(=O)C(C)(C)C)CC1. The highest BCUT2D eigenvalue weighted by Crippen LogP contribution is 2.17. The molecule has 0 unspecified atom stereocenters. The molecule has 5 heteroatoms. The highest BCUT2D eigenvalue weighted by Gasteiger charge is 2.31. The lowest BCUT2D eigenvalue weighted by molar-refractivity contribution is 0.247. The largest absolute Gasteiger partial charge is 0.306 e. The molecule has 1 rings (SSSR count). The van der Waals surface area contributed by atoms with Gasteiger partial charge in [0.05, 0.1) is 4.75 Å². The van der Waals surface area contributed by atoms with Crippen molar-refractivity contribution in [1.29, 1.82) is 0 Å². The van der Waals surface area contributed by atoms with Crippen molar-refractivity contribution < 1.29 is 8.42 Å². The Labute approximate surface area is 93.1 Å². The molecule has 0 spiro atoms. The van der Waals surface area contributed by atoms with Crippen LogP contribution in [0.5, 0.6) is 0 Å². The molecule has 0 aromatic rings. The van der Waals surface area contributed by atoms with E-state index in [-0.39, 0.29) is 6.04 Å². The summed E-state index contributed by atoms with van der Waals surface area (Å²) in [6.45, 7) is 7.12. The van der Waals surface area contributed by atoms with E-state index < -0.39 is 14.8 Å². The fourth-order valence-corrected chi connectivity index (χ4v) is 2.55. The van der Waals surface area contributed by atoms with Crippen LogP contribution in [0.3, 0.4) is 0 Å². The molecule has 1 fully saturated rings. The Kier molecular flexibility index (Phi) is 3.79. The Hall–Kier alpha value is -0.130. The fourth-order valence-electron chi connectivity index (χ4n) is 1.52. The Morgan fingerprint density at radius 2 is 1.67 bits per heavy atom. The maximum absolute atomic E-state index is 11.9. The molecule has 0 amide bonds. The van der Waals surface area contributed by atoms with Crippen molar-refractivity contribution in [3.8, 4) is 0 Å². The third kappa shape index (κ3) is 3.43. The molecule has 1 saturated heterocycles. The normalized spacial score (nSPS) is 21.9. The molecule has 0 aromatic carbocycles. The summed E-state index contributed by atoms with van der Waals surface area (Å²) in [6, 6.07) is 0.116. The number of sulfonamides is 1. The van der Waals surface area contributed by atoms with E-state index in [4.69, 9.17) is 0 Å². The van der Waals surface area contributed by atoms with Gasteiger partial charge in [0.1, 0.15) is 0 Å². The van der Waals surface area contributed by atoms with Crippen molar-refractivity contribution in [2.45, 2.75) is 44.4 Å². The second-order valence-corrected chi connectivity index (χ2v) is 7.78. The Morgan fingerprint density at radius 1 is 1.20 bits per heavy atom. The van der Waals surface area contributed by atoms with E-state index in [2.05, 4.69) is 16.7 Å². The number of nitrogens with one attached hydrogen (secondary N) is 1. The van der Waals surface area contributed by atoms with Gasteiger partial charge >= 0.3 is 0 Å². The predicted molar refractivity (Wildman–Crippen MR) is 62.3 cm³/mol. The lowest BCUT2D eigenvalue weighted by atomic mass is 10.1. The highest BCUT2D eigenvalue weighted by atomic mass is 32.2. The van der Waals surface area contributed by atoms with E-state index in [9.17, 15) is 8.42 Å². The van der Waals surface area contributed by atoms with Crippen LogP contribution < -0.4 is 4.72 Å². The second-order valence-electron chi connectivity index (χ2n) is 5.31. The lowest BCUT2D eigenvalue weighted by Crippen LogP contribution is -2.48. The van der Waals surface area contributed by atoms with E-state index in [1.165, 1.54) is 0 Å². The highest BCUT2D eigenvalue weighted by molar-refractivity contribution is 7.90. The van der Waals surface area contributed by atoms with Crippen molar-refractivity contribution in [2.24, 2.45) is 0 Å². The smallest absolute Gasteiger partial charge is 0.216 e. The summed E-state index contributed by atoms with van der Waals surface area (Å²) >= 11 is 0. The maximum atomic E-state index is 11.9. The zero-order valence-corrected chi connectivity index (χ0v) is 10.9. The summed E-state index contributed by atoms with van der Waals surface area (Å²) < 4.78 is 25.8. The lowest BCUT2D eigenvalue weighted by Gasteiger charge is -2.31. The van der Waals surface area contributed by atoms with Crippen LogP contribution in [0, 0.1) is 0 Å². The molecule has 0 saturated carbocycles. The fraction of sp³-hybridized carbons (Fsp3) is 1.00. The molecular weight excluding hydrogens is 212 g/mol. The minimum Gasteiger partial charge on any atom is -0.306 e. The Bertz CT molecular complexity index is 298. The molecule has 90 valence electrons. The first-order chi connectivity index (χ1) is 6.72. The standard InChI is InChI=1S/C10H22N2O2S/c1-10(2,3)15(13,14)11-9-5-7-12(4)8-6-9/h9,11H,5-8H2,1-4H3. The first-order valence-electron chi connectivity index (χ1n) is 5.43. The van der Waals surface area contributed by atoms with Crippen LogP contribution in [0.15, 0.2) is 0 Å². The van der Waals surface area contributed by atoms with Gasteiger partial charge in [0.15, 0.2) is 0 Å². The van der Waals surface area contributed by atoms with Crippen LogP contribution in [0.25, 0.3) is 0 Å². The van der Waals surface area contributed by atoms with Crippen molar-refractivity contribution in [3.05, 3.63) is 0 Å². The molecule has 1 aliphatic rings. The van der Waals surface area contributed by atoms with Crippen LogP contribution in [-0.4, -0.2) is 44.2 Å². The number of nitrogens with zero attached hydrogens (tertiary/aromatic N) is 1. The van der Waals surface area contributed by atoms with Crippen molar-refractivity contribution >= 4 is 10.0 Å². The van der Waals surface area contributed by atoms with Gasteiger partial charge in [0.2, 0.25) is 10.0 Å². The second kappa shape index (κ2) is 4.39. The summed E-state index contributed by atoms with van der Waals surface area (Å²) in [5.74, 6) is 0. The van der Waals surface area contributed by atoms with Gasteiger partial charge in [-0.3, -0.25) is 0 Å². The topological polar surface area (TPSA) is 49.4 Å². The third-order valence-electron chi connectivity index (χ3n) is 2.85. The van der Waals surface area contributed by atoms with E-state index in [0.29, 0.717) is 0 Å². The van der Waals surface area contributed by atoms with Crippen LogP contribution in [-0.2, 0) is 10.0 Å². The quantitative estimate of drug-likeness (QED) is 0.769. The minimum absolute atomic E-state index is 0.116. The molecule has 0 radical (unpaired) electrons. The predicted octanol–water partition coefficient (Wildman–Crippen LogP) is 0.798. The van der Waals surface area contributed by atoms with E-state index in [1.54, 1.807) is 20.8 Å².